The summed E-state index contributed by atoms with van der Waals surface area (Å²) in [5.74, 6) is 0. The molecule has 1 aromatic rings. The minimum Gasteiger partial charge on any atom is -0.453 e. The first-order valence-corrected chi connectivity index (χ1v) is 4.87. The van der Waals surface area contributed by atoms with Crippen molar-refractivity contribution in [1.82, 2.24) is 0 Å². The van der Waals surface area contributed by atoms with Gasteiger partial charge in [-0.05, 0) is 26.0 Å². The quantitative estimate of drug-likeness (QED) is 0.682. The van der Waals surface area contributed by atoms with Gasteiger partial charge in [0.25, 0.3) is 0 Å². The topological polar surface area (TPSA) is 47.3 Å². The first-order valence-electron chi connectivity index (χ1n) is 3.32. The van der Waals surface area contributed by atoms with Crippen molar-refractivity contribution in [3.8, 4) is 0 Å². The highest BCUT2D eigenvalue weighted by atomic mass is 32.2. The van der Waals surface area contributed by atoms with Crippen LogP contribution in [0.15, 0.2) is 27.9 Å². The summed E-state index contributed by atoms with van der Waals surface area (Å²) in [6, 6.07) is 3.02. The number of sulfone groups is 1. The van der Waals surface area contributed by atoms with E-state index in [9.17, 15) is 8.42 Å². The van der Waals surface area contributed by atoms with E-state index in [1.54, 1.807) is 19.9 Å². The SMILES string of the molecule is CC(C)S(=O)(=O)c1ccco1. The summed E-state index contributed by atoms with van der Waals surface area (Å²) < 4.78 is 27.4. The van der Waals surface area contributed by atoms with Crippen LogP contribution in [0.4, 0.5) is 0 Å². The number of rotatable bonds is 2. The van der Waals surface area contributed by atoms with Gasteiger partial charge in [-0.25, -0.2) is 8.42 Å². The molecule has 0 saturated heterocycles. The van der Waals surface area contributed by atoms with Crippen LogP contribution in [0.3, 0.4) is 0 Å². The molecule has 0 amide bonds. The van der Waals surface area contributed by atoms with Gasteiger partial charge in [-0.15, -0.1) is 0 Å². The second-order valence-corrected chi connectivity index (χ2v) is 4.96. The van der Waals surface area contributed by atoms with Crippen molar-refractivity contribution in [3.63, 3.8) is 0 Å². The lowest BCUT2D eigenvalue weighted by molar-refractivity contribution is 0.447. The predicted octanol–water partition coefficient (Wildman–Crippen LogP) is 1.46. The average Bonchev–Trinajstić information content (AvgIpc) is 2.37. The molecule has 0 aliphatic rings. The fourth-order valence-electron chi connectivity index (χ4n) is 0.658. The van der Waals surface area contributed by atoms with Crippen LogP contribution in [-0.2, 0) is 9.84 Å². The molecule has 0 spiro atoms. The van der Waals surface area contributed by atoms with Gasteiger partial charge in [0.05, 0.1) is 11.5 Å². The normalized spacial score (nSPS) is 12.3. The number of hydrogen-bond acceptors (Lipinski definition) is 3. The van der Waals surface area contributed by atoms with Crippen LogP contribution < -0.4 is 0 Å². The van der Waals surface area contributed by atoms with E-state index in [-0.39, 0.29) is 5.09 Å². The average molecular weight is 174 g/mol. The van der Waals surface area contributed by atoms with Gasteiger partial charge in [-0.1, -0.05) is 0 Å². The van der Waals surface area contributed by atoms with Crippen LogP contribution in [0, 0.1) is 0 Å². The Bertz CT molecular complexity index is 307. The van der Waals surface area contributed by atoms with Gasteiger partial charge in [0.15, 0.2) is 0 Å². The zero-order valence-electron chi connectivity index (χ0n) is 6.44. The molecule has 0 unspecified atom stereocenters. The maximum Gasteiger partial charge on any atom is 0.217 e. The Kier molecular flexibility index (Phi) is 2.04. The van der Waals surface area contributed by atoms with Crippen molar-refractivity contribution < 1.29 is 12.8 Å². The van der Waals surface area contributed by atoms with Gasteiger partial charge >= 0.3 is 0 Å². The van der Waals surface area contributed by atoms with Gasteiger partial charge in [0.2, 0.25) is 14.9 Å². The Balaban J connectivity index is 3.12. The third-order valence-corrected chi connectivity index (χ3v) is 3.43. The maximum absolute atomic E-state index is 11.3. The van der Waals surface area contributed by atoms with Crippen molar-refractivity contribution in [1.29, 1.82) is 0 Å². The van der Waals surface area contributed by atoms with Crippen LogP contribution in [0.5, 0.6) is 0 Å². The van der Waals surface area contributed by atoms with Gasteiger partial charge in [0.1, 0.15) is 0 Å². The van der Waals surface area contributed by atoms with E-state index < -0.39 is 15.1 Å². The molecule has 0 saturated carbocycles. The second-order valence-electron chi connectivity index (χ2n) is 2.53. The Labute approximate surface area is 65.9 Å². The fraction of sp³-hybridized carbons (Fsp3) is 0.429. The van der Waals surface area contributed by atoms with E-state index in [1.165, 1.54) is 12.3 Å². The van der Waals surface area contributed by atoms with Gasteiger partial charge in [0, 0.05) is 0 Å². The molecule has 62 valence electrons. The highest BCUT2D eigenvalue weighted by molar-refractivity contribution is 7.91. The lowest BCUT2D eigenvalue weighted by Gasteiger charge is -2.02. The standard InChI is InChI=1S/C7H10O3S/c1-6(2)11(8,9)7-4-3-5-10-7/h3-6H,1-2H3. The Morgan fingerprint density at radius 1 is 1.45 bits per heavy atom. The summed E-state index contributed by atoms with van der Waals surface area (Å²) in [7, 11) is -3.20. The lowest BCUT2D eigenvalue weighted by atomic mass is 10.6. The molecule has 0 aromatic carbocycles. The molecule has 0 radical (unpaired) electrons. The van der Waals surface area contributed by atoms with E-state index in [2.05, 4.69) is 0 Å². The van der Waals surface area contributed by atoms with E-state index in [4.69, 9.17) is 4.42 Å². The van der Waals surface area contributed by atoms with Crippen LogP contribution in [0.25, 0.3) is 0 Å². The van der Waals surface area contributed by atoms with E-state index >= 15 is 0 Å². The van der Waals surface area contributed by atoms with Crippen LogP contribution in [0.2, 0.25) is 0 Å². The molecule has 11 heavy (non-hydrogen) atoms. The highest BCUT2D eigenvalue weighted by Crippen LogP contribution is 2.15. The van der Waals surface area contributed by atoms with Gasteiger partial charge in [-0.2, -0.15) is 0 Å². The number of hydrogen-bond donors (Lipinski definition) is 0. The summed E-state index contributed by atoms with van der Waals surface area (Å²) in [5.41, 5.74) is 0. The first kappa shape index (κ1) is 8.33. The molecule has 0 atom stereocenters. The third-order valence-electron chi connectivity index (χ3n) is 1.40. The zero-order chi connectivity index (χ0) is 8.48. The predicted molar refractivity (Wildman–Crippen MR) is 41.0 cm³/mol. The van der Waals surface area contributed by atoms with Crippen LogP contribution >= 0.6 is 0 Å². The summed E-state index contributed by atoms with van der Waals surface area (Å²) in [6.07, 6.45) is 1.36. The minimum atomic E-state index is -3.20. The smallest absolute Gasteiger partial charge is 0.217 e. The molecule has 0 aliphatic heterocycles. The Hall–Kier alpha value is -0.770. The molecule has 0 N–H and O–H groups in total. The molecular weight excluding hydrogens is 164 g/mol. The van der Waals surface area contributed by atoms with Crippen LogP contribution in [0.1, 0.15) is 13.8 Å². The lowest BCUT2D eigenvalue weighted by Crippen LogP contribution is -2.12. The summed E-state index contributed by atoms with van der Waals surface area (Å²) in [6.45, 7) is 3.25. The molecule has 1 aromatic heterocycles. The molecule has 1 heterocycles. The molecule has 0 bridgehead atoms. The molecule has 3 nitrogen and oxygen atoms in total. The maximum atomic E-state index is 11.3. The first-order chi connectivity index (χ1) is 5.05. The summed E-state index contributed by atoms with van der Waals surface area (Å²) in [4.78, 5) is 0. The fourth-order valence-corrected chi connectivity index (χ4v) is 1.58. The van der Waals surface area contributed by atoms with Crippen molar-refractivity contribution >= 4 is 9.84 Å². The molecule has 0 fully saturated rings. The minimum absolute atomic E-state index is 0.0486. The van der Waals surface area contributed by atoms with E-state index in [1.807, 2.05) is 0 Å². The van der Waals surface area contributed by atoms with Crippen LogP contribution in [-0.4, -0.2) is 13.7 Å². The summed E-state index contributed by atoms with van der Waals surface area (Å²) in [5, 5.41) is -0.374. The molecule has 1 rings (SSSR count). The second kappa shape index (κ2) is 2.70. The van der Waals surface area contributed by atoms with Gasteiger partial charge < -0.3 is 4.42 Å². The third kappa shape index (κ3) is 1.45. The monoisotopic (exact) mass is 174 g/mol. The van der Waals surface area contributed by atoms with Crippen molar-refractivity contribution in [3.05, 3.63) is 18.4 Å². The summed E-state index contributed by atoms with van der Waals surface area (Å²) >= 11 is 0. The molecule has 4 heteroatoms. The van der Waals surface area contributed by atoms with Crippen molar-refractivity contribution in [2.45, 2.75) is 24.2 Å². The zero-order valence-corrected chi connectivity index (χ0v) is 7.26. The van der Waals surface area contributed by atoms with Crippen molar-refractivity contribution in [2.75, 3.05) is 0 Å². The largest absolute Gasteiger partial charge is 0.453 e. The Morgan fingerprint density at radius 2 is 2.09 bits per heavy atom. The number of furan rings is 1. The van der Waals surface area contributed by atoms with Crippen molar-refractivity contribution in [2.24, 2.45) is 0 Å². The molecular formula is C7H10O3S. The van der Waals surface area contributed by atoms with E-state index in [0.717, 1.165) is 0 Å². The molecule has 0 aliphatic carbocycles. The van der Waals surface area contributed by atoms with Gasteiger partial charge in [-0.3, -0.25) is 0 Å². The van der Waals surface area contributed by atoms with E-state index in [0.29, 0.717) is 0 Å². The highest BCUT2D eigenvalue weighted by Gasteiger charge is 2.21. The Morgan fingerprint density at radius 3 is 2.45 bits per heavy atom.